The molecule has 1 aliphatic heterocycles. The minimum absolute atomic E-state index is 0.157. The van der Waals surface area contributed by atoms with Gasteiger partial charge in [0.05, 0.1) is 7.11 Å². The molecule has 2 N–H and O–H groups in total. The van der Waals surface area contributed by atoms with E-state index in [1.54, 1.807) is 11.8 Å². The largest absolute Gasteiger partial charge is 0.496 e. The van der Waals surface area contributed by atoms with Crippen LogP contribution < -0.4 is 15.4 Å². The molecule has 1 fully saturated rings. The molecule has 0 unspecified atom stereocenters. The quantitative estimate of drug-likeness (QED) is 0.528. The number of aromatic nitrogens is 3. The second-order valence-electron chi connectivity index (χ2n) is 7.09. The molecular formula is C20H29ClN6O2. The molecule has 8 nitrogen and oxygen atoms in total. The molecule has 1 aromatic carbocycles. The Morgan fingerprint density at radius 1 is 1.34 bits per heavy atom. The second-order valence-corrected chi connectivity index (χ2v) is 7.52. The predicted molar refractivity (Wildman–Crippen MR) is 114 cm³/mol. The average molecular weight is 421 g/mol. The highest BCUT2D eigenvalue weighted by atomic mass is 35.5. The number of rotatable bonds is 7. The highest BCUT2D eigenvalue weighted by molar-refractivity contribution is 6.30. The van der Waals surface area contributed by atoms with Gasteiger partial charge in [0.1, 0.15) is 24.4 Å². The second kappa shape index (κ2) is 9.93. The van der Waals surface area contributed by atoms with E-state index in [-0.39, 0.29) is 5.41 Å². The highest BCUT2D eigenvalue weighted by Gasteiger charge is 2.37. The van der Waals surface area contributed by atoms with Gasteiger partial charge >= 0.3 is 0 Å². The Morgan fingerprint density at radius 3 is 2.79 bits per heavy atom. The zero-order valence-corrected chi connectivity index (χ0v) is 18.0. The van der Waals surface area contributed by atoms with Crippen LogP contribution in [0.25, 0.3) is 0 Å². The maximum atomic E-state index is 6.33. The van der Waals surface area contributed by atoms with Gasteiger partial charge in [0.2, 0.25) is 0 Å². The van der Waals surface area contributed by atoms with Gasteiger partial charge in [-0.25, -0.2) is 9.98 Å². The summed E-state index contributed by atoms with van der Waals surface area (Å²) in [6.45, 7) is 5.35. The third-order valence-corrected chi connectivity index (χ3v) is 5.54. The van der Waals surface area contributed by atoms with Crippen LogP contribution >= 0.6 is 11.6 Å². The summed E-state index contributed by atoms with van der Waals surface area (Å²) in [6, 6.07) is 5.80. The van der Waals surface area contributed by atoms with Crippen molar-refractivity contribution in [3.05, 3.63) is 40.9 Å². The molecule has 2 aromatic rings. The van der Waals surface area contributed by atoms with Crippen LogP contribution in [-0.2, 0) is 23.7 Å². The molecule has 29 heavy (non-hydrogen) atoms. The standard InChI is InChI=1S/C20H29ClN6O2/c1-4-22-19(23-12-18-25-14-26-27(18)2)24-13-20(7-9-29-10-8-20)16-11-15(21)5-6-17(16)28-3/h5-6,11,14H,4,7-10,12-13H2,1-3H3,(H2,22,23,24). The van der Waals surface area contributed by atoms with Gasteiger partial charge in [-0.15, -0.1) is 0 Å². The van der Waals surface area contributed by atoms with E-state index in [1.807, 2.05) is 32.2 Å². The van der Waals surface area contributed by atoms with Crippen LogP contribution in [0.1, 0.15) is 31.2 Å². The molecule has 158 valence electrons. The topological polar surface area (TPSA) is 85.6 Å². The zero-order chi connectivity index (χ0) is 20.7. The Labute approximate surface area is 176 Å². The lowest BCUT2D eigenvalue weighted by Gasteiger charge is -2.39. The lowest BCUT2D eigenvalue weighted by Crippen LogP contribution is -2.48. The van der Waals surface area contributed by atoms with Crippen molar-refractivity contribution < 1.29 is 9.47 Å². The molecule has 0 spiro atoms. The van der Waals surface area contributed by atoms with E-state index in [2.05, 4.69) is 25.7 Å². The SMILES string of the molecule is CCNC(=NCc1ncnn1C)NCC1(c2cc(Cl)ccc2OC)CCOCC1. The van der Waals surface area contributed by atoms with Crippen LogP contribution in [0.5, 0.6) is 5.75 Å². The van der Waals surface area contributed by atoms with Crippen molar-refractivity contribution in [1.29, 1.82) is 0 Å². The van der Waals surface area contributed by atoms with E-state index >= 15 is 0 Å². The molecule has 0 atom stereocenters. The van der Waals surface area contributed by atoms with Crippen LogP contribution in [0.2, 0.25) is 5.02 Å². The minimum atomic E-state index is -0.157. The molecule has 0 aliphatic carbocycles. The number of ether oxygens (including phenoxy) is 2. The smallest absolute Gasteiger partial charge is 0.191 e. The van der Waals surface area contributed by atoms with E-state index in [1.165, 1.54) is 6.33 Å². The number of nitrogens with zero attached hydrogens (tertiary/aromatic N) is 4. The minimum Gasteiger partial charge on any atom is -0.496 e. The van der Waals surface area contributed by atoms with Gasteiger partial charge in [0.25, 0.3) is 0 Å². The normalized spacial score (nSPS) is 16.5. The number of aliphatic imine (C=N–C) groups is 1. The third-order valence-electron chi connectivity index (χ3n) is 5.30. The summed E-state index contributed by atoms with van der Waals surface area (Å²) >= 11 is 6.33. The molecule has 2 heterocycles. The molecule has 3 rings (SSSR count). The van der Waals surface area contributed by atoms with Gasteiger partial charge in [-0.05, 0) is 38.0 Å². The van der Waals surface area contributed by atoms with E-state index in [4.69, 9.17) is 21.1 Å². The Morgan fingerprint density at radius 2 is 2.14 bits per heavy atom. The summed E-state index contributed by atoms with van der Waals surface area (Å²) in [5.41, 5.74) is 0.947. The molecule has 0 saturated carbocycles. The van der Waals surface area contributed by atoms with E-state index in [0.717, 1.165) is 42.5 Å². The van der Waals surface area contributed by atoms with E-state index in [0.29, 0.717) is 31.3 Å². The number of methoxy groups -OCH3 is 1. The maximum Gasteiger partial charge on any atom is 0.191 e. The Bertz CT molecular complexity index is 832. The van der Waals surface area contributed by atoms with Gasteiger partial charge in [-0.2, -0.15) is 5.10 Å². The fourth-order valence-corrected chi connectivity index (χ4v) is 3.78. The number of benzene rings is 1. The van der Waals surface area contributed by atoms with Crippen molar-refractivity contribution in [2.75, 3.05) is 33.4 Å². The lowest BCUT2D eigenvalue weighted by atomic mass is 9.73. The fourth-order valence-electron chi connectivity index (χ4n) is 3.61. The molecule has 1 aromatic heterocycles. The van der Waals surface area contributed by atoms with Crippen molar-refractivity contribution in [3.63, 3.8) is 0 Å². The molecule has 0 bridgehead atoms. The van der Waals surface area contributed by atoms with Gasteiger partial charge in [-0.1, -0.05) is 11.6 Å². The molecule has 1 saturated heterocycles. The van der Waals surface area contributed by atoms with Crippen molar-refractivity contribution in [3.8, 4) is 5.75 Å². The summed E-state index contributed by atoms with van der Waals surface area (Å²) in [5, 5.41) is 11.6. The molecule has 0 amide bonds. The van der Waals surface area contributed by atoms with Crippen LogP contribution in [0.4, 0.5) is 0 Å². The van der Waals surface area contributed by atoms with Gasteiger partial charge in [-0.3, -0.25) is 4.68 Å². The summed E-state index contributed by atoms with van der Waals surface area (Å²) in [7, 11) is 3.56. The summed E-state index contributed by atoms with van der Waals surface area (Å²) < 4.78 is 13.0. The van der Waals surface area contributed by atoms with Crippen LogP contribution in [0, 0.1) is 0 Å². The highest BCUT2D eigenvalue weighted by Crippen LogP contribution is 2.40. The lowest BCUT2D eigenvalue weighted by molar-refractivity contribution is 0.0505. The molecule has 1 aliphatic rings. The van der Waals surface area contributed by atoms with Gasteiger partial charge in [0, 0.05) is 49.4 Å². The van der Waals surface area contributed by atoms with Crippen molar-refractivity contribution in [2.45, 2.75) is 31.7 Å². The maximum absolute atomic E-state index is 6.33. The van der Waals surface area contributed by atoms with Crippen molar-refractivity contribution in [1.82, 2.24) is 25.4 Å². The number of halogens is 1. The molecule has 0 radical (unpaired) electrons. The zero-order valence-electron chi connectivity index (χ0n) is 17.2. The molecule has 9 heteroatoms. The van der Waals surface area contributed by atoms with Crippen LogP contribution in [-0.4, -0.2) is 54.1 Å². The van der Waals surface area contributed by atoms with Crippen LogP contribution in [0.3, 0.4) is 0 Å². The summed E-state index contributed by atoms with van der Waals surface area (Å²) in [5.74, 6) is 2.39. The van der Waals surface area contributed by atoms with Gasteiger partial charge in [0.15, 0.2) is 5.96 Å². The molecular weight excluding hydrogens is 392 g/mol. The van der Waals surface area contributed by atoms with Crippen molar-refractivity contribution >= 4 is 17.6 Å². The average Bonchev–Trinajstić information content (AvgIpc) is 3.15. The Hall–Kier alpha value is -2.32. The monoisotopic (exact) mass is 420 g/mol. The summed E-state index contributed by atoms with van der Waals surface area (Å²) in [4.78, 5) is 8.90. The first-order chi connectivity index (χ1) is 14.1. The van der Waals surface area contributed by atoms with Gasteiger partial charge < -0.3 is 20.1 Å². The van der Waals surface area contributed by atoms with Crippen molar-refractivity contribution in [2.24, 2.45) is 12.0 Å². The van der Waals surface area contributed by atoms with E-state index < -0.39 is 0 Å². The Balaban J connectivity index is 1.82. The number of hydrogen-bond donors (Lipinski definition) is 2. The van der Waals surface area contributed by atoms with Crippen LogP contribution in [0.15, 0.2) is 29.5 Å². The Kier molecular flexibility index (Phi) is 7.33. The predicted octanol–water partition coefficient (Wildman–Crippen LogP) is 2.28. The van der Waals surface area contributed by atoms with E-state index in [9.17, 15) is 0 Å². The first kappa shape index (κ1) is 21.4. The number of nitrogens with one attached hydrogen (secondary N) is 2. The number of guanidine groups is 1. The first-order valence-corrected chi connectivity index (χ1v) is 10.2. The number of hydrogen-bond acceptors (Lipinski definition) is 5. The third kappa shape index (κ3) is 5.19. The fraction of sp³-hybridized carbons (Fsp3) is 0.550. The first-order valence-electron chi connectivity index (χ1n) is 9.85. The number of aryl methyl sites for hydroxylation is 1. The summed E-state index contributed by atoms with van der Waals surface area (Å²) in [6.07, 6.45) is 3.28.